The summed E-state index contributed by atoms with van der Waals surface area (Å²) in [7, 11) is 0. The second-order valence-electron chi connectivity index (χ2n) is 4.50. The molecule has 22 heavy (non-hydrogen) atoms. The minimum atomic E-state index is 0.610. The van der Waals surface area contributed by atoms with Gasteiger partial charge in [0.05, 0.1) is 10.9 Å². The lowest BCUT2D eigenvalue weighted by atomic mass is 10.1. The Hall–Kier alpha value is -2.89. The fourth-order valence-corrected chi connectivity index (χ4v) is 2.75. The molecule has 0 atom stereocenters. The van der Waals surface area contributed by atoms with Gasteiger partial charge in [-0.15, -0.1) is 11.3 Å². The summed E-state index contributed by atoms with van der Waals surface area (Å²) in [6.45, 7) is 0.698. The third-order valence-corrected chi connectivity index (χ3v) is 3.90. The average molecular weight is 304 g/mol. The van der Waals surface area contributed by atoms with Crippen molar-refractivity contribution in [1.29, 1.82) is 5.26 Å². The Balaban J connectivity index is 1.62. The van der Waals surface area contributed by atoms with Crippen molar-refractivity contribution >= 4 is 27.4 Å². The highest BCUT2D eigenvalue weighted by atomic mass is 32.1. The lowest BCUT2D eigenvalue weighted by Crippen LogP contribution is -2.02. The Labute approximate surface area is 132 Å². The molecular formula is C17H12N4S. The first-order chi connectivity index (χ1) is 10.9. The van der Waals surface area contributed by atoms with Crippen LogP contribution in [0, 0.1) is 23.2 Å². The number of hydrogen-bond acceptors (Lipinski definition) is 5. The summed E-state index contributed by atoms with van der Waals surface area (Å²) in [6, 6.07) is 11.5. The van der Waals surface area contributed by atoms with E-state index in [0.29, 0.717) is 18.5 Å². The van der Waals surface area contributed by atoms with Gasteiger partial charge in [0.25, 0.3) is 0 Å². The van der Waals surface area contributed by atoms with Crippen molar-refractivity contribution in [3.63, 3.8) is 0 Å². The van der Waals surface area contributed by atoms with E-state index in [1.807, 2.05) is 29.6 Å². The number of benzene rings is 1. The van der Waals surface area contributed by atoms with Crippen LogP contribution >= 0.6 is 11.3 Å². The van der Waals surface area contributed by atoms with Crippen LogP contribution in [0.15, 0.2) is 42.0 Å². The summed E-state index contributed by atoms with van der Waals surface area (Å²) in [4.78, 5) is 9.45. The molecule has 1 N–H and O–H groups in total. The molecule has 0 amide bonds. The van der Waals surface area contributed by atoms with Crippen molar-refractivity contribution in [2.45, 2.75) is 6.42 Å². The second kappa shape index (κ2) is 6.71. The maximum atomic E-state index is 9.01. The van der Waals surface area contributed by atoms with Crippen LogP contribution in [0.3, 0.4) is 0 Å². The van der Waals surface area contributed by atoms with Gasteiger partial charge in [-0.25, -0.2) is 9.97 Å². The van der Waals surface area contributed by atoms with Gasteiger partial charge >= 0.3 is 0 Å². The highest BCUT2D eigenvalue weighted by Crippen LogP contribution is 2.23. The van der Waals surface area contributed by atoms with E-state index in [9.17, 15) is 0 Å². The molecule has 2 heterocycles. The van der Waals surface area contributed by atoms with Crippen molar-refractivity contribution in [1.82, 2.24) is 9.97 Å². The zero-order valence-corrected chi connectivity index (χ0v) is 12.5. The highest BCUT2D eigenvalue weighted by Gasteiger charge is 2.02. The molecule has 0 unspecified atom stereocenters. The van der Waals surface area contributed by atoms with Crippen LogP contribution in [0.2, 0.25) is 0 Å². The maximum absolute atomic E-state index is 9.01. The second-order valence-corrected chi connectivity index (χ2v) is 5.39. The fourth-order valence-electron chi connectivity index (χ4n) is 2.02. The van der Waals surface area contributed by atoms with Crippen LogP contribution in [0.5, 0.6) is 0 Å². The Bertz CT molecular complexity index is 896. The summed E-state index contributed by atoms with van der Waals surface area (Å²) >= 11 is 1.60. The van der Waals surface area contributed by atoms with E-state index < -0.39 is 0 Å². The molecule has 106 valence electrons. The quantitative estimate of drug-likeness (QED) is 0.595. The van der Waals surface area contributed by atoms with Gasteiger partial charge in [0.2, 0.25) is 0 Å². The number of nitrogens with zero attached hydrogens (tertiary/aromatic N) is 3. The Morgan fingerprint density at radius 3 is 2.86 bits per heavy atom. The largest absolute Gasteiger partial charge is 0.368 e. The van der Waals surface area contributed by atoms with Crippen molar-refractivity contribution in [3.05, 3.63) is 53.2 Å². The number of aromatic nitrogens is 2. The normalized spacial score (nSPS) is 9.77. The first-order valence-electron chi connectivity index (χ1n) is 6.78. The summed E-state index contributed by atoms with van der Waals surface area (Å²) in [5.41, 5.74) is 1.38. The van der Waals surface area contributed by atoms with Crippen LogP contribution < -0.4 is 5.32 Å². The van der Waals surface area contributed by atoms with Crippen molar-refractivity contribution in [2.24, 2.45) is 0 Å². The van der Waals surface area contributed by atoms with Crippen molar-refractivity contribution < 1.29 is 0 Å². The molecule has 3 rings (SSSR count). The maximum Gasteiger partial charge on any atom is 0.138 e. The van der Waals surface area contributed by atoms with E-state index in [1.165, 1.54) is 0 Å². The number of hydrogen-bond donors (Lipinski definition) is 1. The molecule has 4 nitrogen and oxygen atoms in total. The lowest BCUT2D eigenvalue weighted by molar-refractivity contribution is 1.07. The van der Waals surface area contributed by atoms with E-state index in [2.05, 4.69) is 33.2 Å². The van der Waals surface area contributed by atoms with Crippen molar-refractivity contribution in [2.75, 3.05) is 11.9 Å². The summed E-state index contributed by atoms with van der Waals surface area (Å²) in [5.74, 6) is 6.96. The van der Waals surface area contributed by atoms with E-state index in [-0.39, 0.29) is 0 Å². The Kier molecular flexibility index (Phi) is 4.29. The van der Waals surface area contributed by atoms with Gasteiger partial charge in [0.15, 0.2) is 0 Å². The molecule has 0 bridgehead atoms. The molecule has 2 aromatic heterocycles. The number of rotatable bonds is 3. The van der Waals surface area contributed by atoms with Gasteiger partial charge in [0.1, 0.15) is 23.0 Å². The van der Waals surface area contributed by atoms with E-state index in [0.717, 1.165) is 21.6 Å². The predicted octanol–water partition coefficient (Wildman–Crippen LogP) is 3.42. The first-order valence-corrected chi connectivity index (χ1v) is 7.66. The molecule has 0 saturated heterocycles. The van der Waals surface area contributed by atoms with Crippen LogP contribution in [-0.2, 0) is 0 Å². The molecular weight excluding hydrogens is 292 g/mol. The number of fused-ring (bicyclic) bond motifs is 1. The molecule has 1 aromatic carbocycles. The molecule has 0 spiro atoms. The average Bonchev–Trinajstić information content (AvgIpc) is 3.04. The molecule has 5 heteroatoms. The zero-order valence-electron chi connectivity index (χ0n) is 11.7. The Morgan fingerprint density at radius 2 is 2.00 bits per heavy atom. The molecule has 0 aliphatic heterocycles. The third-order valence-electron chi connectivity index (χ3n) is 3.07. The summed E-state index contributed by atoms with van der Waals surface area (Å²) < 4.78 is 0. The van der Waals surface area contributed by atoms with E-state index in [1.54, 1.807) is 23.7 Å². The lowest BCUT2D eigenvalue weighted by Gasteiger charge is -2.03. The van der Waals surface area contributed by atoms with Gasteiger partial charge < -0.3 is 5.32 Å². The predicted molar refractivity (Wildman–Crippen MR) is 88.6 cm³/mol. The molecule has 0 saturated carbocycles. The topological polar surface area (TPSA) is 61.6 Å². The van der Waals surface area contributed by atoms with Gasteiger partial charge in [0, 0.05) is 18.5 Å². The minimum absolute atomic E-state index is 0.610. The molecule has 0 fully saturated rings. The number of nitriles is 1. The molecule has 0 aliphatic rings. The smallest absolute Gasteiger partial charge is 0.138 e. The number of nitrogens with one attached hydrogen (secondary N) is 1. The SMILES string of the molecule is N#Cc1ccccc1C#CCCNc1ncnc2sccc12. The highest BCUT2D eigenvalue weighted by molar-refractivity contribution is 7.16. The first kappa shape index (κ1) is 14.1. The van der Waals surface area contributed by atoms with E-state index >= 15 is 0 Å². The van der Waals surface area contributed by atoms with Crippen molar-refractivity contribution in [3.8, 4) is 17.9 Å². The molecule has 0 radical (unpaired) electrons. The molecule has 0 aliphatic carbocycles. The van der Waals surface area contributed by atoms with Crippen LogP contribution in [0.25, 0.3) is 10.2 Å². The number of thiophene rings is 1. The Morgan fingerprint density at radius 1 is 1.14 bits per heavy atom. The van der Waals surface area contributed by atoms with Crippen LogP contribution in [0.1, 0.15) is 17.5 Å². The van der Waals surface area contributed by atoms with Crippen LogP contribution in [0.4, 0.5) is 5.82 Å². The van der Waals surface area contributed by atoms with Gasteiger partial charge in [-0.2, -0.15) is 5.26 Å². The summed E-state index contributed by atoms with van der Waals surface area (Å²) in [5, 5.41) is 15.3. The van der Waals surface area contributed by atoms with Gasteiger partial charge in [-0.1, -0.05) is 24.0 Å². The standard InChI is InChI=1S/C17H12N4S/c18-11-14-7-2-1-5-13(14)6-3-4-9-19-16-15-8-10-22-17(15)21-12-20-16/h1-2,5,7-8,10,12H,4,9H2,(H,19,20,21). The van der Waals surface area contributed by atoms with Gasteiger partial charge in [-0.3, -0.25) is 0 Å². The van der Waals surface area contributed by atoms with Gasteiger partial charge in [-0.05, 0) is 23.6 Å². The minimum Gasteiger partial charge on any atom is -0.368 e. The monoisotopic (exact) mass is 304 g/mol. The fraction of sp³-hybridized carbons (Fsp3) is 0.118. The molecule has 3 aromatic rings. The zero-order chi connectivity index (χ0) is 15.2. The third kappa shape index (κ3) is 3.06. The van der Waals surface area contributed by atoms with E-state index in [4.69, 9.17) is 5.26 Å². The summed E-state index contributed by atoms with van der Waals surface area (Å²) in [6.07, 6.45) is 2.24. The number of anilines is 1. The van der Waals surface area contributed by atoms with Crippen LogP contribution in [-0.4, -0.2) is 16.5 Å².